The maximum Gasteiger partial charge on any atom is 0.122 e. The van der Waals surface area contributed by atoms with Gasteiger partial charge >= 0.3 is 0 Å². The third-order valence-corrected chi connectivity index (χ3v) is 4.30. The van der Waals surface area contributed by atoms with Crippen molar-refractivity contribution in [1.82, 2.24) is 10.2 Å². The molecule has 1 fully saturated rings. The molecule has 0 bridgehead atoms. The smallest absolute Gasteiger partial charge is 0.122 e. The van der Waals surface area contributed by atoms with Crippen molar-refractivity contribution in [2.45, 2.75) is 18.9 Å². The van der Waals surface area contributed by atoms with Gasteiger partial charge in [0, 0.05) is 12.5 Å². The van der Waals surface area contributed by atoms with Crippen molar-refractivity contribution in [2.24, 2.45) is 5.92 Å². The first-order valence-corrected chi connectivity index (χ1v) is 6.90. The Labute approximate surface area is 109 Å². The first-order chi connectivity index (χ1) is 8.79. The van der Waals surface area contributed by atoms with Crippen molar-refractivity contribution in [1.29, 1.82) is 0 Å². The summed E-state index contributed by atoms with van der Waals surface area (Å²) in [5.74, 6) is 1.81. The highest BCUT2D eigenvalue weighted by molar-refractivity contribution is 5.41. The Morgan fingerprint density at radius 1 is 1.44 bits per heavy atom. The van der Waals surface area contributed by atoms with Gasteiger partial charge in [-0.2, -0.15) is 0 Å². The zero-order valence-electron chi connectivity index (χ0n) is 11.3. The predicted octanol–water partition coefficient (Wildman–Crippen LogP) is 1.83. The Kier molecular flexibility index (Phi) is 3.27. The second kappa shape index (κ2) is 4.90. The van der Waals surface area contributed by atoms with Crippen LogP contribution < -0.4 is 10.1 Å². The molecule has 0 aliphatic carbocycles. The molecule has 1 aromatic carbocycles. The number of fused-ring (bicyclic) bond motifs is 1. The first-order valence-electron chi connectivity index (χ1n) is 6.90. The van der Waals surface area contributed by atoms with Crippen LogP contribution in [0.25, 0.3) is 0 Å². The maximum absolute atomic E-state index is 5.59. The van der Waals surface area contributed by atoms with E-state index in [1.54, 1.807) is 0 Å². The normalized spacial score (nSPS) is 27.2. The summed E-state index contributed by atoms with van der Waals surface area (Å²) in [6.45, 7) is 3.15. The van der Waals surface area contributed by atoms with Crippen LogP contribution in [-0.4, -0.2) is 38.7 Å². The van der Waals surface area contributed by atoms with E-state index >= 15 is 0 Å². The summed E-state index contributed by atoms with van der Waals surface area (Å²) in [6.07, 6.45) is 2.35. The van der Waals surface area contributed by atoms with E-state index in [1.807, 2.05) is 7.05 Å². The van der Waals surface area contributed by atoms with E-state index in [0.717, 1.165) is 31.2 Å². The molecule has 2 heterocycles. The lowest BCUT2D eigenvalue weighted by molar-refractivity contribution is 0.274. The molecule has 1 N–H and O–H groups in total. The second-order valence-electron chi connectivity index (χ2n) is 5.50. The Morgan fingerprint density at radius 3 is 3.17 bits per heavy atom. The van der Waals surface area contributed by atoms with Gasteiger partial charge in [0.2, 0.25) is 0 Å². The van der Waals surface area contributed by atoms with Crippen molar-refractivity contribution in [3.63, 3.8) is 0 Å². The van der Waals surface area contributed by atoms with Gasteiger partial charge in [-0.15, -0.1) is 0 Å². The fraction of sp³-hybridized carbons (Fsp3) is 0.600. The Bertz CT molecular complexity index is 431. The van der Waals surface area contributed by atoms with Gasteiger partial charge in [-0.05, 0) is 56.7 Å². The molecule has 98 valence electrons. The molecule has 1 aromatic rings. The molecule has 2 unspecified atom stereocenters. The van der Waals surface area contributed by atoms with Crippen LogP contribution >= 0.6 is 0 Å². The molecular weight excluding hydrogens is 224 g/mol. The standard InChI is InChI=1S/C15H22N2O/c1-16-10-13-5-7-17(2)15(13)12-3-4-14-11(9-12)6-8-18-14/h3-4,9,13,15-16H,5-8,10H2,1-2H3. The molecule has 3 rings (SSSR count). The number of benzene rings is 1. The summed E-state index contributed by atoms with van der Waals surface area (Å²) in [6, 6.07) is 7.32. The van der Waals surface area contributed by atoms with E-state index < -0.39 is 0 Å². The van der Waals surface area contributed by atoms with E-state index in [0.29, 0.717) is 6.04 Å². The Hall–Kier alpha value is -1.06. The Balaban J connectivity index is 1.88. The van der Waals surface area contributed by atoms with Crippen LogP contribution in [0.4, 0.5) is 0 Å². The van der Waals surface area contributed by atoms with Crippen molar-refractivity contribution >= 4 is 0 Å². The second-order valence-corrected chi connectivity index (χ2v) is 5.50. The fourth-order valence-electron chi connectivity index (χ4n) is 3.42. The minimum Gasteiger partial charge on any atom is -0.493 e. The number of ether oxygens (including phenoxy) is 1. The molecule has 3 nitrogen and oxygen atoms in total. The molecule has 0 saturated carbocycles. The summed E-state index contributed by atoms with van der Waals surface area (Å²) in [7, 11) is 4.29. The summed E-state index contributed by atoms with van der Waals surface area (Å²) in [4.78, 5) is 2.49. The van der Waals surface area contributed by atoms with Gasteiger partial charge in [-0.1, -0.05) is 12.1 Å². The minimum absolute atomic E-state index is 0.559. The molecule has 18 heavy (non-hydrogen) atoms. The summed E-state index contributed by atoms with van der Waals surface area (Å²) >= 11 is 0. The number of nitrogens with zero attached hydrogens (tertiary/aromatic N) is 1. The zero-order chi connectivity index (χ0) is 12.5. The summed E-state index contributed by atoms with van der Waals surface area (Å²) in [5.41, 5.74) is 2.84. The molecule has 0 radical (unpaired) electrons. The lowest BCUT2D eigenvalue weighted by atomic mass is 9.92. The predicted molar refractivity (Wildman–Crippen MR) is 73.0 cm³/mol. The van der Waals surface area contributed by atoms with E-state index in [-0.39, 0.29) is 0 Å². The van der Waals surface area contributed by atoms with Crippen molar-refractivity contribution in [2.75, 3.05) is 33.8 Å². The van der Waals surface area contributed by atoms with Crippen LogP contribution in [-0.2, 0) is 6.42 Å². The molecule has 0 aromatic heterocycles. The highest BCUT2D eigenvalue weighted by atomic mass is 16.5. The number of hydrogen-bond donors (Lipinski definition) is 1. The number of likely N-dealkylation sites (tertiary alicyclic amines) is 1. The van der Waals surface area contributed by atoms with Crippen LogP contribution in [0.5, 0.6) is 5.75 Å². The average molecular weight is 246 g/mol. The third kappa shape index (κ3) is 2.02. The van der Waals surface area contributed by atoms with Gasteiger partial charge in [0.1, 0.15) is 5.75 Å². The van der Waals surface area contributed by atoms with Crippen molar-refractivity contribution in [3.8, 4) is 5.75 Å². The minimum atomic E-state index is 0.559. The molecule has 1 saturated heterocycles. The number of hydrogen-bond acceptors (Lipinski definition) is 3. The first kappa shape index (κ1) is 12.0. The lowest BCUT2D eigenvalue weighted by Crippen LogP contribution is -2.26. The molecule has 3 heteroatoms. The summed E-state index contributed by atoms with van der Waals surface area (Å²) in [5, 5.41) is 3.33. The molecule has 0 amide bonds. The van der Waals surface area contributed by atoms with Gasteiger partial charge in [0.05, 0.1) is 6.61 Å². The lowest BCUT2D eigenvalue weighted by Gasteiger charge is -2.26. The SMILES string of the molecule is CNCC1CCN(C)C1c1ccc2c(c1)CCO2. The average Bonchev–Trinajstić information content (AvgIpc) is 2.96. The molecule has 2 aliphatic rings. The maximum atomic E-state index is 5.59. The van der Waals surface area contributed by atoms with Gasteiger partial charge in [0.25, 0.3) is 0 Å². The van der Waals surface area contributed by atoms with E-state index in [1.165, 1.54) is 24.1 Å². The van der Waals surface area contributed by atoms with Gasteiger partial charge in [0.15, 0.2) is 0 Å². The van der Waals surface area contributed by atoms with Crippen LogP contribution in [0.3, 0.4) is 0 Å². The van der Waals surface area contributed by atoms with E-state index in [2.05, 4.69) is 35.5 Å². The third-order valence-electron chi connectivity index (χ3n) is 4.30. The van der Waals surface area contributed by atoms with Crippen LogP contribution in [0.1, 0.15) is 23.6 Å². The zero-order valence-corrected chi connectivity index (χ0v) is 11.3. The highest BCUT2D eigenvalue weighted by Crippen LogP contribution is 2.38. The fourth-order valence-corrected chi connectivity index (χ4v) is 3.42. The van der Waals surface area contributed by atoms with Gasteiger partial charge < -0.3 is 10.1 Å². The topological polar surface area (TPSA) is 24.5 Å². The molecule has 0 spiro atoms. The van der Waals surface area contributed by atoms with Crippen LogP contribution in [0.2, 0.25) is 0 Å². The van der Waals surface area contributed by atoms with Crippen LogP contribution in [0.15, 0.2) is 18.2 Å². The van der Waals surface area contributed by atoms with Crippen molar-refractivity contribution in [3.05, 3.63) is 29.3 Å². The monoisotopic (exact) mass is 246 g/mol. The van der Waals surface area contributed by atoms with E-state index in [9.17, 15) is 0 Å². The highest BCUT2D eigenvalue weighted by Gasteiger charge is 2.32. The molecular formula is C15H22N2O. The number of rotatable bonds is 3. The quantitative estimate of drug-likeness (QED) is 0.880. The summed E-state index contributed by atoms with van der Waals surface area (Å²) < 4.78 is 5.59. The Morgan fingerprint density at radius 2 is 2.33 bits per heavy atom. The molecule has 2 aliphatic heterocycles. The number of nitrogens with one attached hydrogen (secondary N) is 1. The van der Waals surface area contributed by atoms with Crippen molar-refractivity contribution < 1.29 is 4.74 Å². The molecule has 2 atom stereocenters. The van der Waals surface area contributed by atoms with Crippen LogP contribution in [0, 0.1) is 5.92 Å². The largest absolute Gasteiger partial charge is 0.493 e. The van der Waals surface area contributed by atoms with Gasteiger partial charge in [-0.25, -0.2) is 0 Å². The van der Waals surface area contributed by atoms with E-state index in [4.69, 9.17) is 4.74 Å². The van der Waals surface area contributed by atoms with Gasteiger partial charge in [-0.3, -0.25) is 4.90 Å².